The number of amides is 1. The first kappa shape index (κ1) is 19.4. The summed E-state index contributed by atoms with van der Waals surface area (Å²) in [4.78, 5) is 14.4. The van der Waals surface area contributed by atoms with Gasteiger partial charge < -0.3 is 9.64 Å². The van der Waals surface area contributed by atoms with Crippen molar-refractivity contribution in [1.29, 1.82) is 0 Å². The van der Waals surface area contributed by atoms with Crippen molar-refractivity contribution in [3.05, 3.63) is 57.3 Å². The van der Waals surface area contributed by atoms with E-state index < -0.39 is 5.91 Å². The van der Waals surface area contributed by atoms with Crippen LogP contribution in [-0.2, 0) is 0 Å². The molecule has 1 N–H and O–H groups in total. The Bertz CT molecular complexity index is 880. The number of hydrazone groups is 1. The van der Waals surface area contributed by atoms with Crippen molar-refractivity contribution in [1.82, 2.24) is 5.43 Å². The number of hydrogen-bond acceptors (Lipinski definition) is 4. The Morgan fingerprint density at radius 2 is 2.04 bits per heavy atom. The number of nitrogens with zero attached hydrogens (tertiary/aromatic N) is 2. The standard InChI is InChI=1S/C20H21BrFN3O2/c1-13-9-18(25-7-3-4-8-25)17(22)10-14(13)12-23-24-20(26)16-11-15(21)5-6-19(16)27-2/h5-6,9-12H,3-4,7-8H2,1-2H3,(H,24,26)/b23-12-. The van der Waals surface area contributed by atoms with Gasteiger partial charge in [-0.2, -0.15) is 5.10 Å². The number of nitrogens with one attached hydrogen (secondary N) is 1. The Balaban J connectivity index is 1.74. The highest BCUT2D eigenvalue weighted by molar-refractivity contribution is 9.10. The van der Waals surface area contributed by atoms with Gasteiger partial charge in [0.05, 0.1) is 24.6 Å². The average Bonchev–Trinajstić information content (AvgIpc) is 3.18. The maximum absolute atomic E-state index is 14.5. The Morgan fingerprint density at radius 3 is 2.74 bits per heavy atom. The Hall–Kier alpha value is -2.41. The number of ether oxygens (including phenoxy) is 1. The van der Waals surface area contributed by atoms with Crippen LogP contribution in [0, 0.1) is 12.7 Å². The van der Waals surface area contributed by atoms with Crippen LogP contribution >= 0.6 is 15.9 Å². The van der Waals surface area contributed by atoms with Crippen molar-refractivity contribution in [3.8, 4) is 5.75 Å². The van der Waals surface area contributed by atoms with Crippen LogP contribution in [0.4, 0.5) is 10.1 Å². The van der Waals surface area contributed by atoms with E-state index in [4.69, 9.17) is 4.74 Å². The second-order valence-electron chi connectivity index (χ2n) is 6.40. The van der Waals surface area contributed by atoms with Crippen molar-refractivity contribution in [2.24, 2.45) is 5.10 Å². The largest absolute Gasteiger partial charge is 0.496 e. The zero-order valence-electron chi connectivity index (χ0n) is 15.3. The summed E-state index contributed by atoms with van der Waals surface area (Å²) in [6, 6.07) is 8.42. The SMILES string of the molecule is COc1ccc(Br)cc1C(=O)N/N=C\c1cc(F)c(N2CCCC2)cc1C. The molecule has 0 spiro atoms. The van der Waals surface area contributed by atoms with Crippen LogP contribution in [-0.4, -0.2) is 32.3 Å². The second-order valence-corrected chi connectivity index (χ2v) is 7.31. The molecular formula is C20H21BrFN3O2. The van der Waals surface area contributed by atoms with Crippen LogP contribution in [0.15, 0.2) is 39.9 Å². The molecule has 1 aliphatic heterocycles. The number of anilines is 1. The molecular weight excluding hydrogens is 413 g/mol. The van der Waals surface area contributed by atoms with Gasteiger partial charge in [-0.25, -0.2) is 9.82 Å². The fraction of sp³-hybridized carbons (Fsp3) is 0.300. The predicted molar refractivity (Wildman–Crippen MR) is 108 cm³/mol. The van der Waals surface area contributed by atoms with Crippen LogP contribution < -0.4 is 15.1 Å². The van der Waals surface area contributed by atoms with E-state index in [1.54, 1.807) is 18.2 Å². The monoisotopic (exact) mass is 433 g/mol. The number of hydrogen-bond donors (Lipinski definition) is 1. The van der Waals surface area contributed by atoms with Gasteiger partial charge in [0.25, 0.3) is 5.91 Å². The molecule has 1 aliphatic rings. The molecule has 2 aromatic rings. The molecule has 1 heterocycles. The number of benzene rings is 2. The minimum atomic E-state index is -0.406. The summed E-state index contributed by atoms with van der Waals surface area (Å²) in [6.45, 7) is 3.67. The van der Waals surface area contributed by atoms with Crippen molar-refractivity contribution >= 4 is 33.7 Å². The summed E-state index contributed by atoms with van der Waals surface area (Å²) >= 11 is 3.33. The summed E-state index contributed by atoms with van der Waals surface area (Å²) in [5, 5.41) is 3.98. The third-order valence-electron chi connectivity index (χ3n) is 4.56. The molecule has 0 aromatic heterocycles. The molecule has 1 amide bonds. The number of halogens is 2. The van der Waals surface area contributed by atoms with E-state index in [9.17, 15) is 9.18 Å². The fourth-order valence-corrected chi connectivity index (χ4v) is 3.46. The lowest BCUT2D eigenvalue weighted by Gasteiger charge is -2.19. The summed E-state index contributed by atoms with van der Waals surface area (Å²) < 4.78 is 20.4. The highest BCUT2D eigenvalue weighted by Crippen LogP contribution is 2.26. The maximum atomic E-state index is 14.5. The van der Waals surface area contributed by atoms with Crippen LogP contribution in [0.25, 0.3) is 0 Å². The molecule has 3 rings (SSSR count). The first-order valence-electron chi connectivity index (χ1n) is 8.71. The van der Waals surface area contributed by atoms with Crippen LogP contribution in [0.5, 0.6) is 5.75 Å². The minimum absolute atomic E-state index is 0.274. The van der Waals surface area contributed by atoms with E-state index in [1.165, 1.54) is 19.4 Å². The lowest BCUT2D eigenvalue weighted by Crippen LogP contribution is -2.20. The number of carbonyl (C=O) groups is 1. The lowest BCUT2D eigenvalue weighted by atomic mass is 10.1. The van der Waals surface area contributed by atoms with Crippen LogP contribution in [0.1, 0.15) is 34.3 Å². The molecule has 0 bridgehead atoms. The smallest absolute Gasteiger partial charge is 0.275 e. The Morgan fingerprint density at radius 1 is 1.30 bits per heavy atom. The van der Waals surface area contributed by atoms with Gasteiger partial charge in [-0.1, -0.05) is 15.9 Å². The molecule has 2 aromatic carbocycles. The fourth-order valence-electron chi connectivity index (χ4n) is 3.10. The number of aryl methyl sites for hydroxylation is 1. The normalized spacial score (nSPS) is 14.0. The molecule has 0 saturated carbocycles. The van der Waals surface area contributed by atoms with Crippen LogP contribution in [0.2, 0.25) is 0 Å². The lowest BCUT2D eigenvalue weighted by molar-refractivity contribution is 0.0952. The predicted octanol–water partition coefficient (Wildman–Crippen LogP) is 4.27. The summed E-state index contributed by atoms with van der Waals surface area (Å²) in [6.07, 6.45) is 3.63. The van der Waals surface area contributed by atoms with Gasteiger partial charge in [-0.05, 0) is 55.7 Å². The number of rotatable bonds is 5. The molecule has 0 atom stereocenters. The highest BCUT2D eigenvalue weighted by Gasteiger charge is 2.17. The Labute approximate surface area is 166 Å². The maximum Gasteiger partial charge on any atom is 0.275 e. The second kappa shape index (κ2) is 8.52. The minimum Gasteiger partial charge on any atom is -0.496 e. The van der Waals surface area contributed by atoms with Gasteiger partial charge in [-0.15, -0.1) is 0 Å². The first-order chi connectivity index (χ1) is 13.0. The third kappa shape index (κ3) is 4.47. The molecule has 0 radical (unpaired) electrons. The van der Waals surface area contributed by atoms with Crippen molar-refractivity contribution < 1.29 is 13.9 Å². The van der Waals surface area contributed by atoms with Gasteiger partial charge in [0.1, 0.15) is 11.6 Å². The summed E-state index contributed by atoms with van der Waals surface area (Å²) in [7, 11) is 1.50. The summed E-state index contributed by atoms with van der Waals surface area (Å²) in [5.41, 5.74) is 4.97. The van der Waals surface area contributed by atoms with E-state index in [1.807, 2.05) is 13.0 Å². The molecule has 1 fully saturated rings. The van der Waals surface area contributed by atoms with E-state index in [0.717, 1.165) is 36.0 Å². The quantitative estimate of drug-likeness (QED) is 0.565. The van der Waals surface area contributed by atoms with Crippen molar-refractivity contribution in [2.75, 3.05) is 25.1 Å². The van der Waals surface area contributed by atoms with Gasteiger partial charge in [0.2, 0.25) is 0 Å². The van der Waals surface area contributed by atoms with Gasteiger partial charge in [0, 0.05) is 23.1 Å². The zero-order chi connectivity index (χ0) is 19.4. The van der Waals surface area contributed by atoms with E-state index in [0.29, 0.717) is 22.6 Å². The first-order valence-corrected chi connectivity index (χ1v) is 9.51. The number of methoxy groups -OCH3 is 1. The molecule has 1 saturated heterocycles. The van der Waals surface area contributed by atoms with Crippen LogP contribution in [0.3, 0.4) is 0 Å². The van der Waals surface area contributed by atoms with Crippen molar-refractivity contribution in [3.63, 3.8) is 0 Å². The number of carbonyl (C=O) groups excluding carboxylic acids is 1. The van der Waals surface area contributed by atoms with E-state index >= 15 is 0 Å². The van der Waals surface area contributed by atoms with Gasteiger partial charge in [-0.3, -0.25) is 4.79 Å². The molecule has 0 unspecified atom stereocenters. The van der Waals surface area contributed by atoms with Crippen molar-refractivity contribution in [2.45, 2.75) is 19.8 Å². The summed E-state index contributed by atoms with van der Waals surface area (Å²) in [5.74, 6) is -0.233. The molecule has 5 nitrogen and oxygen atoms in total. The highest BCUT2D eigenvalue weighted by atomic mass is 79.9. The zero-order valence-corrected chi connectivity index (χ0v) is 16.8. The molecule has 7 heteroatoms. The van der Waals surface area contributed by atoms with E-state index in [2.05, 4.69) is 31.4 Å². The molecule has 0 aliphatic carbocycles. The molecule has 27 heavy (non-hydrogen) atoms. The van der Waals surface area contributed by atoms with E-state index in [-0.39, 0.29) is 5.82 Å². The van der Waals surface area contributed by atoms with Gasteiger partial charge >= 0.3 is 0 Å². The average molecular weight is 434 g/mol. The molecule has 142 valence electrons. The topological polar surface area (TPSA) is 53.9 Å². The third-order valence-corrected chi connectivity index (χ3v) is 5.05. The van der Waals surface area contributed by atoms with Gasteiger partial charge in [0.15, 0.2) is 0 Å². The Kier molecular flexibility index (Phi) is 6.11.